The van der Waals surface area contributed by atoms with Gasteiger partial charge in [-0.05, 0) is 6.07 Å². The fraction of sp³-hybridized carbons (Fsp3) is 0.400. The minimum atomic E-state index is -2.73. The van der Waals surface area contributed by atoms with Gasteiger partial charge in [-0.1, -0.05) is 13.0 Å². The Morgan fingerprint density at radius 3 is 2.65 bits per heavy atom. The van der Waals surface area contributed by atoms with Crippen molar-refractivity contribution in [2.45, 2.75) is 23.5 Å². The molecule has 0 aliphatic carbocycles. The highest BCUT2D eigenvalue weighted by Crippen LogP contribution is 2.34. The Kier molecular flexibility index (Phi) is 4.83. The molecule has 1 N–H and O–H groups in total. The molecule has 94 valence electrons. The second kappa shape index (κ2) is 5.92. The van der Waals surface area contributed by atoms with E-state index in [1.165, 1.54) is 6.07 Å². The molecule has 0 heterocycles. The van der Waals surface area contributed by atoms with E-state index in [4.69, 9.17) is 5.11 Å². The van der Waals surface area contributed by atoms with Gasteiger partial charge in [-0.15, -0.1) is 11.8 Å². The molecule has 1 aromatic carbocycles. The van der Waals surface area contributed by atoms with Gasteiger partial charge < -0.3 is 5.11 Å². The van der Waals surface area contributed by atoms with Gasteiger partial charge in [-0.25, -0.2) is 8.78 Å². The number of nitro groups is 1. The second-order valence-electron chi connectivity index (χ2n) is 3.40. The second-order valence-corrected chi connectivity index (χ2v) is 4.88. The Bertz CT molecular complexity index is 415. The van der Waals surface area contributed by atoms with Crippen molar-refractivity contribution in [2.75, 3.05) is 6.61 Å². The molecule has 0 bridgehead atoms. The molecule has 0 aliphatic rings. The van der Waals surface area contributed by atoms with Crippen LogP contribution in [0.15, 0.2) is 23.1 Å². The number of rotatable bonds is 5. The first kappa shape index (κ1) is 13.9. The summed E-state index contributed by atoms with van der Waals surface area (Å²) in [7, 11) is 0. The van der Waals surface area contributed by atoms with Crippen LogP contribution in [0.5, 0.6) is 0 Å². The van der Waals surface area contributed by atoms with Crippen LogP contribution < -0.4 is 0 Å². The van der Waals surface area contributed by atoms with Gasteiger partial charge >= 0.3 is 0 Å². The zero-order valence-corrected chi connectivity index (χ0v) is 9.79. The summed E-state index contributed by atoms with van der Waals surface area (Å²) in [5.41, 5.74) is -0.731. The molecule has 0 spiro atoms. The summed E-state index contributed by atoms with van der Waals surface area (Å²) < 4.78 is 24.8. The number of thioether (sulfide) groups is 1. The van der Waals surface area contributed by atoms with Crippen LogP contribution in [0, 0.1) is 10.1 Å². The highest BCUT2D eigenvalue weighted by atomic mass is 32.2. The predicted octanol–water partition coefficient (Wildman–Crippen LogP) is 3.01. The van der Waals surface area contributed by atoms with Crippen LogP contribution in [-0.4, -0.2) is 21.9 Å². The Morgan fingerprint density at radius 1 is 1.53 bits per heavy atom. The molecule has 0 saturated heterocycles. The van der Waals surface area contributed by atoms with Gasteiger partial charge in [0.1, 0.15) is 0 Å². The summed E-state index contributed by atoms with van der Waals surface area (Å²) in [6.07, 6.45) is -2.73. The molecule has 1 atom stereocenters. The molecule has 0 saturated carbocycles. The summed E-state index contributed by atoms with van der Waals surface area (Å²) in [6, 6.07) is 3.32. The summed E-state index contributed by atoms with van der Waals surface area (Å²) in [4.78, 5) is 10.3. The molecule has 1 aromatic rings. The van der Waals surface area contributed by atoms with E-state index in [1.807, 2.05) is 0 Å². The van der Waals surface area contributed by atoms with Gasteiger partial charge in [0.2, 0.25) is 0 Å². The Labute approximate surface area is 101 Å². The summed E-state index contributed by atoms with van der Waals surface area (Å²) in [5, 5.41) is 19.4. The lowest BCUT2D eigenvalue weighted by molar-refractivity contribution is -0.387. The maximum absolute atomic E-state index is 12.4. The van der Waals surface area contributed by atoms with Gasteiger partial charge in [0.05, 0.1) is 16.4 Å². The number of aliphatic hydroxyl groups is 1. The van der Waals surface area contributed by atoms with E-state index in [0.717, 1.165) is 23.9 Å². The van der Waals surface area contributed by atoms with Crippen LogP contribution >= 0.6 is 11.8 Å². The largest absolute Gasteiger partial charge is 0.395 e. The summed E-state index contributed by atoms with van der Waals surface area (Å²) >= 11 is 1.08. The molecule has 0 fully saturated rings. The quantitative estimate of drug-likeness (QED) is 0.504. The summed E-state index contributed by atoms with van der Waals surface area (Å²) in [5.74, 6) is 0. The van der Waals surface area contributed by atoms with Gasteiger partial charge in [0, 0.05) is 16.9 Å². The standard InChI is InChI=1S/C10H11F2NO3S/c1-6(5-14)17-9-3-2-7(10(11)12)4-8(9)13(15)16/h2-4,6,10,14H,5H2,1H3. The third-order valence-electron chi connectivity index (χ3n) is 2.02. The van der Waals surface area contributed by atoms with E-state index in [9.17, 15) is 18.9 Å². The van der Waals surface area contributed by atoms with Crippen LogP contribution in [-0.2, 0) is 0 Å². The summed E-state index contributed by atoms with van der Waals surface area (Å²) in [6.45, 7) is 1.55. The van der Waals surface area contributed by atoms with E-state index >= 15 is 0 Å². The van der Waals surface area contributed by atoms with E-state index in [-0.39, 0.29) is 28.0 Å². The van der Waals surface area contributed by atoms with E-state index in [1.54, 1.807) is 6.92 Å². The first-order chi connectivity index (χ1) is 7.95. The van der Waals surface area contributed by atoms with Crippen LogP contribution in [0.3, 0.4) is 0 Å². The number of alkyl halides is 2. The number of hydrogen-bond donors (Lipinski definition) is 1. The van der Waals surface area contributed by atoms with Crippen molar-refractivity contribution in [1.82, 2.24) is 0 Å². The highest BCUT2D eigenvalue weighted by molar-refractivity contribution is 8.00. The van der Waals surface area contributed by atoms with E-state index in [2.05, 4.69) is 0 Å². The number of hydrogen-bond acceptors (Lipinski definition) is 4. The van der Waals surface area contributed by atoms with Gasteiger partial charge in [-0.3, -0.25) is 10.1 Å². The number of benzene rings is 1. The van der Waals surface area contributed by atoms with Crippen molar-refractivity contribution >= 4 is 17.4 Å². The van der Waals surface area contributed by atoms with E-state index in [0.29, 0.717) is 0 Å². The molecular weight excluding hydrogens is 252 g/mol. The topological polar surface area (TPSA) is 63.4 Å². The third-order valence-corrected chi connectivity index (χ3v) is 3.17. The predicted molar refractivity (Wildman–Crippen MR) is 60.5 cm³/mol. The minimum absolute atomic E-state index is 0.140. The minimum Gasteiger partial charge on any atom is -0.395 e. The van der Waals surface area contributed by atoms with E-state index < -0.39 is 11.3 Å². The van der Waals surface area contributed by atoms with Crippen LogP contribution in [0.4, 0.5) is 14.5 Å². The van der Waals surface area contributed by atoms with Crippen molar-refractivity contribution in [2.24, 2.45) is 0 Å². The first-order valence-electron chi connectivity index (χ1n) is 4.79. The average molecular weight is 263 g/mol. The SMILES string of the molecule is CC(CO)Sc1ccc(C(F)F)cc1[N+](=O)[O-]. The highest BCUT2D eigenvalue weighted by Gasteiger charge is 2.19. The van der Waals surface area contributed by atoms with Crippen LogP contribution in [0.25, 0.3) is 0 Å². The van der Waals surface area contributed by atoms with Gasteiger partial charge in [0.15, 0.2) is 0 Å². The Balaban J connectivity index is 3.09. The molecule has 0 amide bonds. The van der Waals surface area contributed by atoms with Crippen molar-refractivity contribution in [1.29, 1.82) is 0 Å². The maximum atomic E-state index is 12.4. The van der Waals surface area contributed by atoms with Crippen LogP contribution in [0.2, 0.25) is 0 Å². The maximum Gasteiger partial charge on any atom is 0.283 e. The number of nitro benzene ring substituents is 1. The molecule has 1 rings (SSSR count). The third kappa shape index (κ3) is 3.64. The smallest absolute Gasteiger partial charge is 0.283 e. The lowest BCUT2D eigenvalue weighted by Gasteiger charge is -2.09. The number of aliphatic hydroxyl groups excluding tert-OH is 1. The molecule has 1 unspecified atom stereocenters. The molecule has 4 nitrogen and oxygen atoms in total. The number of halogens is 2. The van der Waals surface area contributed by atoms with Gasteiger partial charge in [-0.2, -0.15) is 0 Å². The van der Waals surface area contributed by atoms with Crippen LogP contribution in [0.1, 0.15) is 18.9 Å². The van der Waals surface area contributed by atoms with Crippen molar-refractivity contribution in [3.63, 3.8) is 0 Å². The Morgan fingerprint density at radius 2 is 2.18 bits per heavy atom. The molecule has 0 radical (unpaired) electrons. The monoisotopic (exact) mass is 263 g/mol. The molecule has 17 heavy (non-hydrogen) atoms. The average Bonchev–Trinajstić information content (AvgIpc) is 2.28. The van der Waals surface area contributed by atoms with Crippen molar-refractivity contribution < 1.29 is 18.8 Å². The lowest BCUT2D eigenvalue weighted by Crippen LogP contribution is -2.03. The molecule has 0 aliphatic heterocycles. The zero-order valence-electron chi connectivity index (χ0n) is 8.97. The normalized spacial score (nSPS) is 12.8. The molecule has 0 aromatic heterocycles. The fourth-order valence-corrected chi connectivity index (χ4v) is 2.08. The van der Waals surface area contributed by atoms with Crippen molar-refractivity contribution in [3.05, 3.63) is 33.9 Å². The molecule has 7 heteroatoms. The van der Waals surface area contributed by atoms with Crippen molar-refractivity contribution in [3.8, 4) is 0 Å². The molecular formula is C10H11F2NO3S. The lowest BCUT2D eigenvalue weighted by atomic mass is 10.2. The Hall–Kier alpha value is -1.21. The fourth-order valence-electron chi connectivity index (χ4n) is 1.17. The first-order valence-corrected chi connectivity index (χ1v) is 5.67. The van der Waals surface area contributed by atoms with Gasteiger partial charge in [0.25, 0.3) is 12.1 Å². The number of nitrogens with zero attached hydrogens (tertiary/aromatic N) is 1. The zero-order chi connectivity index (χ0) is 13.0.